The smallest absolute Gasteiger partial charge is 0.263 e. The van der Waals surface area contributed by atoms with Crippen LogP contribution in [0.15, 0.2) is 47.3 Å². The molecule has 238 valence electrons. The molecule has 1 aromatic heterocycles. The van der Waals surface area contributed by atoms with Gasteiger partial charge in [-0.05, 0) is 67.3 Å². The van der Waals surface area contributed by atoms with Crippen LogP contribution in [0.3, 0.4) is 0 Å². The van der Waals surface area contributed by atoms with Gasteiger partial charge >= 0.3 is 0 Å². The van der Waals surface area contributed by atoms with E-state index in [2.05, 4.69) is 10.6 Å². The number of carbonyl (C=O) groups is 3. The van der Waals surface area contributed by atoms with Crippen molar-refractivity contribution in [2.75, 3.05) is 26.8 Å². The molecule has 11 nitrogen and oxygen atoms in total. The van der Waals surface area contributed by atoms with Crippen molar-refractivity contribution < 1.29 is 33.0 Å². The zero-order chi connectivity index (χ0) is 32.2. The topological polar surface area (TPSA) is 128 Å². The first-order chi connectivity index (χ1) is 21.5. The Bertz CT molecular complexity index is 1690. The van der Waals surface area contributed by atoms with E-state index in [-0.39, 0.29) is 49.9 Å². The number of nitrogens with one attached hydrogen (secondary N) is 2. The molecule has 4 bridgehead atoms. The summed E-state index contributed by atoms with van der Waals surface area (Å²) in [5, 5.41) is 5.75. The predicted octanol–water partition coefficient (Wildman–Crippen LogP) is 2.57. The number of aryl methyl sites for hydroxylation is 3. The molecule has 0 spiro atoms. The van der Waals surface area contributed by atoms with Gasteiger partial charge in [0.2, 0.25) is 5.91 Å². The number of piperidine rings is 1. The Morgan fingerprint density at radius 1 is 1.02 bits per heavy atom. The number of halogens is 1. The van der Waals surface area contributed by atoms with Crippen LogP contribution in [0.2, 0.25) is 0 Å². The summed E-state index contributed by atoms with van der Waals surface area (Å²) in [5.74, 6) is -0.670. The number of ether oxygens (including phenoxy) is 3. The molecule has 45 heavy (non-hydrogen) atoms. The number of likely N-dealkylation sites (tertiary alicyclic amines) is 1. The molecule has 0 aliphatic carbocycles. The second-order valence-corrected chi connectivity index (χ2v) is 11.4. The van der Waals surface area contributed by atoms with Gasteiger partial charge in [0, 0.05) is 51.3 Å². The van der Waals surface area contributed by atoms with E-state index in [1.807, 2.05) is 6.07 Å². The van der Waals surface area contributed by atoms with Crippen LogP contribution in [0.5, 0.6) is 17.2 Å². The van der Waals surface area contributed by atoms with Gasteiger partial charge in [0.25, 0.3) is 17.4 Å². The number of rotatable bonds is 2. The molecule has 2 aliphatic heterocycles. The molecule has 0 unspecified atom stereocenters. The molecule has 12 heteroatoms. The number of aromatic nitrogens is 1. The molecule has 1 saturated heterocycles. The maximum atomic E-state index is 14.6. The van der Waals surface area contributed by atoms with E-state index in [0.29, 0.717) is 35.5 Å². The number of pyridine rings is 1. The number of carbonyl (C=O) groups excluding carboxylic acids is 3. The molecule has 2 N–H and O–H groups in total. The van der Waals surface area contributed by atoms with Crippen LogP contribution in [0.1, 0.15) is 45.6 Å². The Labute approximate surface area is 260 Å². The molecule has 2 aliphatic rings. The van der Waals surface area contributed by atoms with Crippen molar-refractivity contribution >= 4 is 17.7 Å². The Hall–Kier alpha value is -4.87. The van der Waals surface area contributed by atoms with Crippen molar-refractivity contribution in [1.82, 2.24) is 20.1 Å². The fourth-order valence-electron chi connectivity index (χ4n) is 5.69. The third-order valence-corrected chi connectivity index (χ3v) is 8.20. The molecule has 3 heterocycles. The molecule has 5 rings (SSSR count). The predicted molar refractivity (Wildman–Crippen MR) is 163 cm³/mol. The lowest BCUT2D eigenvalue weighted by molar-refractivity contribution is -0.125. The highest BCUT2D eigenvalue weighted by molar-refractivity contribution is 5.95. The van der Waals surface area contributed by atoms with Gasteiger partial charge in [-0.25, -0.2) is 4.39 Å². The van der Waals surface area contributed by atoms with Gasteiger partial charge in [-0.3, -0.25) is 19.2 Å². The van der Waals surface area contributed by atoms with Crippen LogP contribution in [0.4, 0.5) is 4.39 Å². The third kappa shape index (κ3) is 7.27. The van der Waals surface area contributed by atoms with Gasteiger partial charge in [0.05, 0.1) is 13.2 Å². The van der Waals surface area contributed by atoms with Crippen LogP contribution in [-0.4, -0.2) is 66.1 Å². The molecule has 3 aromatic rings. The third-order valence-electron chi connectivity index (χ3n) is 8.20. The van der Waals surface area contributed by atoms with Crippen LogP contribution in [-0.2, 0) is 29.6 Å². The van der Waals surface area contributed by atoms with Crippen LogP contribution in [0.25, 0.3) is 0 Å². The molecular weight excluding hydrogens is 583 g/mol. The quantitative estimate of drug-likeness (QED) is 0.451. The highest BCUT2D eigenvalue weighted by Gasteiger charge is 2.36. The van der Waals surface area contributed by atoms with Crippen molar-refractivity contribution in [2.45, 2.75) is 51.8 Å². The van der Waals surface area contributed by atoms with E-state index < -0.39 is 35.3 Å². The summed E-state index contributed by atoms with van der Waals surface area (Å²) in [4.78, 5) is 54.1. The fourth-order valence-corrected chi connectivity index (χ4v) is 5.69. The van der Waals surface area contributed by atoms with Gasteiger partial charge in [-0.1, -0.05) is 6.07 Å². The van der Waals surface area contributed by atoms with E-state index in [9.17, 15) is 23.6 Å². The van der Waals surface area contributed by atoms with E-state index in [1.165, 1.54) is 28.7 Å². The van der Waals surface area contributed by atoms with Crippen molar-refractivity contribution in [1.29, 1.82) is 0 Å². The Balaban J connectivity index is 1.45. The molecule has 1 fully saturated rings. The fraction of sp³-hybridized carbons (Fsp3) is 0.394. The first-order valence-electron chi connectivity index (χ1n) is 14.8. The molecule has 2 atom stereocenters. The van der Waals surface area contributed by atoms with Crippen molar-refractivity contribution in [3.63, 3.8) is 0 Å². The lowest BCUT2D eigenvalue weighted by Crippen LogP contribution is -2.59. The minimum atomic E-state index is -0.716. The first-order valence-corrected chi connectivity index (χ1v) is 14.8. The second-order valence-electron chi connectivity index (χ2n) is 11.4. The molecule has 0 radical (unpaired) electrons. The first kappa shape index (κ1) is 31.6. The van der Waals surface area contributed by atoms with E-state index >= 15 is 0 Å². The van der Waals surface area contributed by atoms with Gasteiger partial charge in [-0.15, -0.1) is 0 Å². The number of hydrogen-bond donors (Lipinski definition) is 2. The minimum Gasteiger partial charge on any atom is -0.493 e. The van der Waals surface area contributed by atoms with Gasteiger partial charge in [0.1, 0.15) is 23.2 Å². The molecular formula is C33H37FN4O7. The maximum absolute atomic E-state index is 14.6. The van der Waals surface area contributed by atoms with Gasteiger partial charge in [0.15, 0.2) is 18.1 Å². The monoisotopic (exact) mass is 620 g/mol. The highest BCUT2D eigenvalue weighted by Crippen LogP contribution is 2.29. The molecule has 3 amide bonds. The minimum absolute atomic E-state index is 0.0444. The number of benzene rings is 2. The van der Waals surface area contributed by atoms with Crippen LogP contribution >= 0.6 is 0 Å². The summed E-state index contributed by atoms with van der Waals surface area (Å²) >= 11 is 0. The van der Waals surface area contributed by atoms with Gasteiger partial charge < -0.3 is 34.3 Å². The summed E-state index contributed by atoms with van der Waals surface area (Å²) in [6.45, 7) is 3.54. The normalized spacial score (nSPS) is 19.1. The summed E-state index contributed by atoms with van der Waals surface area (Å²) in [6, 6.07) is 10.5. The number of hydrogen-bond acceptors (Lipinski definition) is 7. The Morgan fingerprint density at radius 3 is 2.60 bits per heavy atom. The number of fused-ring (bicyclic) bond motifs is 5. The highest BCUT2D eigenvalue weighted by atomic mass is 19.1. The van der Waals surface area contributed by atoms with Crippen LogP contribution < -0.4 is 30.4 Å². The molecule has 0 saturated carbocycles. The standard InChI is InChI=1S/C33H37FN4O7/c1-19-11-20(2)37(3)32(41)31(19)33(42)38-10-9-26-25(17-38)36-30(40)18-44-28-14-21(5-7-27(28)43-4)6-8-29(39)35-16-22-12-23(34)15-24(13-22)45-26/h5,7,11-15,25-26H,6,8-10,16-18H2,1-4H3,(H,35,39)(H,36,40)/t25-,26-/m1/s1. The summed E-state index contributed by atoms with van der Waals surface area (Å²) < 4.78 is 33.5. The van der Waals surface area contributed by atoms with E-state index in [1.54, 1.807) is 45.2 Å². The van der Waals surface area contributed by atoms with Crippen LogP contribution in [0, 0.1) is 19.7 Å². The lowest BCUT2D eigenvalue weighted by Gasteiger charge is -2.39. The number of methoxy groups -OCH3 is 1. The van der Waals surface area contributed by atoms with E-state index in [0.717, 1.165) is 11.3 Å². The lowest BCUT2D eigenvalue weighted by atomic mass is 9.99. The SMILES string of the molecule is COc1ccc2cc1OCC(=O)N[C@@H]1CN(C(=O)c3c(C)cc(C)n(C)c3=O)CC[C@H]1Oc1cc(F)cc(c1)CNC(=O)CC2. The molecule has 2 aromatic carbocycles. The van der Waals surface area contributed by atoms with E-state index in [4.69, 9.17) is 14.2 Å². The number of nitrogens with zero attached hydrogens (tertiary/aromatic N) is 2. The van der Waals surface area contributed by atoms with Crippen molar-refractivity contribution in [2.24, 2.45) is 7.05 Å². The zero-order valence-electron chi connectivity index (χ0n) is 25.8. The summed E-state index contributed by atoms with van der Waals surface area (Å²) in [5.41, 5.74) is 2.29. The van der Waals surface area contributed by atoms with Gasteiger partial charge in [-0.2, -0.15) is 0 Å². The van der Waals surface area contributed by atoms with Crippen molar-refractivity contribution in [3.05, 3.63) is 86.6 Å². The summed E-state index contributed by atoms with van der Waals surface area (Å²) in [7, 11) is 3.10. The largest absolute Gasteiger partial charge is 0.493 e. The number of amides is 3. The zero-order valence-corrected chi connectivity index (χ0v) is 25.8. The average Bonchev–Trinajstić information content (AvgIpc) is 3.00. The second kappa shape index (κ2) is 13.4. The summed E-state index contributed by atoms with van der Waals surface area (Å²) in [6.07, 6.45) is 0.257. The maximum Gasteiger partial charge on any atom is 0.263 e. The van der Waals surface area contributed by atoms with Crippen molar-refractivity contribution in [3.8, 4) is 17.2 Å². The Kier molecular flexibility index (Phi) is 9.40. The average molecular weight is 621 g/mol. The Morgan fingerprint density at radius 2 is 1.82 bits per heavy atom.